The van der Waals surface area contributed by atoms with Gasteiger partial charge < -0.3 is 5.10 Å². The van der Waals surface area contributed by atoms with Crippen molar-refractivity contribution >= 4 is 12.1 Å². The van der Waals surface area contributed by atoms with Gasteiger partial charge in [0, 0.05) is 16.8 Å². The SMILES string of the molecule is Cc1[nH][nH]c(=O)c1CC(=O)N/N=C/c1ccccc1F. The number of carbonyl (C=O) groups is 1. The summed E-state index contributed by atoms with van der Waals surface area (Å²) in [6.45, 7) is 1.68. The quantitative estimate of drug-likeness (QED) is 0.570. The van der Waals surface area contributed by atoms with Crippen molar-refractivity contribution in [3.8, 4) is 0 Å². The Balaban J connectivity index is 1.96. The minimum atomic E-state index is -0.453. The minimum absolute atomic E-state index is 0.0979. The van der Waals surface area contributed by atoms with Gasteiger partial charge in [0.2, 0.25) is 5.91 Å². The van der Waals surface area contributed by atoms with E-state index in [9.17, 15) is 14.0 Å². The van der Waals surface area contributed by atoms with Gasteiger partial charge in [-0.25, -0.2) is 9.82 Å². The van der Waals surface area contributed by atoms with Gasteiger partial charge in [0.25, 0.3) is 5.56 Å². The monoisotopic (exact) mass is 276 g/mol. The van der Waals surface area contributed by atoms with Gasteiger partial charge in [-0.05, 0) is 13.0 Å². The Morgan fingerprint density at radius 1 is 1.40 bits per heavy atom. The molecule has 0 fully saturated rings. The van der Waals surface area contributed by atoms with Crippen molar-refractivity contribution in [2.45, 2.75) is 13.3 Å². The van der Waals surface area contributed by atoms with Crippen LogP contribution in [0.5, 0.6) is 0 Å². The van der Waals surface area contributed by atoms with Crippen LogP contribution in [0.25, 0.3) is 0 Å². The molecule has 2 aromatic rings. The van der Waals surface area contributed by atoms with E-state index in [1.807, 2.05) is 0 Å². The van der Waals surface area contributed by atoms with Crippen molar-refractivity contribution < 1.29 is 9.18 Å². The maximum Gasteiger partial charge on any atom is 0.267 e. The molecule has 0 atom stereocenters. The summed E-state index contributed by atoms with van der Waals surface area (Å²) in [6.07, 6.45) is 1.11. The Morgan fingerprint density at radius 3 is 2.80 bits per heavy atom. The number of aromatic amines is 2. The van der Waals surface area contributed by atoms with Crippen LogP contribution in [0.3, 0.4) is 0 Å². The zero-order chi connectivity index (χ0) is 14.5. The summed E-state index contributed by atoms with van der Waals surface area (Å²) in [6, 6.07) is 6.05. The third-order valence-corrected chi connectivity index (χ3v) is 2.73. The van der Waals surface area contributed by atoms with E-state index in [2.05, 4.69) is 20.7 Å². The summed E-state index contributed by atoms with van der Waals surface area (Å²) >= 11 is 0. The Hall–Kier alpha value is -2.70. The van der Waals surface area contributed by atoms with Gasteiger partial charge >= 0.3 is 0 Å². The smallest absolute Gasteiger partial charge is 0.267 e. The first-order valence-electron chi connectivity index (χ1n) is 5.90. The van der Waals surface area contributed by atoms with E-state index in [-0.39, 0.29) is 17.5 Å². The molecule has 104 valence electrons. The lowest BCUT2D eigenvalue weighted by molar-refractivity contribution is -0.120. The van der Waals surface area contributed by atoms with Gasteiger partial charge in [-0.2, -0.15) is 5.10 Å². The molecule has 1 heterocycles. The highest BCUT2D eigenvalue weighted by molar-refractivity contribution is 5.83. The number of H-pyrrole nitrogens is 2. The second kappa shape index (κ2) is 5.96. The van der Waals surface area contributed by atoms with E-state index >= 15 is 0 Å². The molecule has 3 N–H and O–H groups in total. The van der Waals surface area contributed by atoms with Crippen LogP contribution in [-0.4, -0.2) is 22.3 Å². The molecule has 0 aliphatic carbocycles. The molecular weight excluding hydrogens is 263 g/mol. The first kappa shape index (κ1) is 13.7. The number of halogens is 1. The number of hydrogen-bond acceptors (Lipinski definition) is 3. The Labute approximate surface area is 113 Å². The number of amides is 1. The second-order valence-corrected chi connectivity index (χ2v) is 4.17. The molecule has 1 aromatic carbocycles. The molecule has 20 heavy (non-hydrogen) atoms. The van der Waals surface area contributed by atoms with Crippen molar-refractivity contribution in [3.63, 3.8) is 0 Å². The number of hydrazone groups is 1. The number of aromatic nitrogens is 2. The highest BCUT2D eigenvalue weighted by Gasteiger charge is 2.10. The molecule has 0 saturated carbocycles. The van der Waals surface area contributed by atoms with E-state index < -0.39 is 11.7 Å². The lowest BCUT2D eigenvalue weighted by Gasteiger charge is -1.98. The van der Waals surface area contributed by atoms with Crippen LogP contribution in [0.1, 0.15) is 16.8 Å². The zero-order valence-corrected chi connectivity index (χ0v) is 10.7. The number of hydrogen-bond donors (Lipinski definition) is 3. The maximum atomic E-state index is 13.3. The van der Waals surface area contributed by atoms with Crippen molar-refractivity contribution in [1.29, 1.82) is 0 Å². The molecule has 0 aliphatic rings. The molecule has 7 heteroatoms. The topological polar surface area (TPSA) is 90.1 Å². The van der Waals surface area contributed by atoms with Gasteiger partial charge in [-0.1, -0.05) is 18.2 Å². The molecule has 0 spiro atoms. The van der Waals surface area contributed by atoms with Gasteiger partial charge in [-0.15, -0.1) is 0 Å². The second-order valence-electron chi connectivity index (χ2n) is 4.17. The van der Waals surface area contributed by atoms with E-state index in [1.165, 1.54) is 18.3 Å². The molecule has 1 amide bonds. The fourth-order valence-corrected chi connectivity index (χ4v) is 1.64. The molecule has 2 rings (SSSR count). The number of benzene rings is 1. The Bertz CT molecular complexity index is 702. The third-order valence-electron chi connectivity index (χ3n) is 2.73. The van der Waals surface area contributed by atoms with Crippen LogP contribution in [0.2, 0.25) is 0 Å². The number of aryl methyl sites for hydroxylation is 1. The summed E-state index contributed by atoms with van der Waals surface area (Å²) in [7, 11) is 0. The molecule has 0 aliphatic heterocycles. The van der Waals surface area contributed by atoms with E-state index in [1.54, 1.807) is 19.1 Å². The van der Waals surface area contributed by atoms with Gasteiger partial charge in [0.15, 0.2) is 0 Å². The van der Waals surface area contributed by atoms with Crippen LogP contribution in [0.4, 0.5) is 4.39 Å². The average molecular weight is 276 g/mol. The van der Waals surface area contributed by atoms with Crippen LogP contribution in [-0.2, 0) is 11.2 Å². The number of nitrogens with one attached hydrogen (secondary N) is 3. The summed E-state index contributed by atoms with van der Waals surface area (Å²) in [5.74, 6) is -0.880. The number of rotatable bonds is 4. The molecule has 0 bridgehead atoms. The van der Waals surface area contributed by atoms with Crippen molar-refractivity contribution in [3.05, 3.63) is 57.3 Å². The summed E-state index contributed by atoms with van der Waals surface area (Å²) in [4.78, 5) is 23.0. The van der Waals surface area contributed by atoms with Gasteiger partial charge in [-0.3, -0.25) is 14.7 Å². The van der Waals surface area contributed by atoms with Gasteiger partial charge in [0.05, 0.1) is 12.6 Å². The molecule has 0 radical (unpaired) electrons. The van der Waals surface area contributed by atoms with Crippen molar-refractivity contribution in [1.82, 2.24) is 15.6 Å². The van der Waals surface area contributed by atoms with E-state index in [4.69, 9.17) is 0 Å². The van der Waals surface area contributed by atoms with Crippen molar-refractivity contribution in [2.75, 3.05) is 0 Å². The standard InChI is InChI=1S/C13H13FN4O2/c1-8-10(13(20)18-16-8)6-12(19)17-15-7-9-4-2-3-5-11(9)14/h2-5,7H,6H2,1H3,(H,17,19)(H2,16,18,20)/b15-7+. The lowest BCUT2D eigenvalue weighted by Crippen LogP contribution is -2.23. The Kier molecular flexibility index (Phi) is 4.09. The summed E-state index contributed by atoms with van der Waals surface area (Å²) in [5, 5.41) is 8.66. The fourth-order valence-electron chi connectivity index (χ4n) is 1.64. The molecule has 1 aromatic heterocycles. The molecule has 0 saturated heterocycles. The lowest BCUT2D eigenvalue weighted by atomic mass is 10.2. The van der Waals surface area contributed by atoms with Crippen LogP contribution < -0.4 is 11.0 Å². The summed E-state index contributed by atoms with van der Waals surface area (Å²) in [5.41, 5.74) is 3.13. The van der Waals surface area contributed by atoms with E-state index in [0.29, 0.717) is 11.3 Å². The molecular formula is C13H13FN4O2. The van der Waals surface area contributed by atoms with Crippen LogP contribution in [0.15, 0.2) is 34.2 Å². The normalized spacial score (nSPS) is 10.9. The predicted octanol–water partition coefficient (Wildman–Crippen LogP) is 0.843. The fraction of sp³-hybridized carbons (Fsp3) is 0.154. The first-order chi connectivity index (χ1) is 9.58. The number of carbonyl (C=O) groups excluding carboxylic acids is 1. The molecule has 6 nitrogen and oxygen atoms in total. The van der Waals surface area contributed by atoms with Crippen LogP contribution in [0, 0.1) is 12.7 Å². The minimum Gasteiger partial charge on any atom is -0.302 e. The third kappa shape index (κ3) is 3.19. The largest absolute Gasteiger partial charge is 0.302 e. The molecule has 0 unspecified atom stereocenters. The zero-order valence-electron chi connectivity index (χ0n) is 10.7. The van der Waals surface area contributed by atoms with Crippen LogP contribution >= 0.6 is 0 Å². The van der Waals surface area contributed by atoms with E-state index in [0.717, 1.165) is 0 Å². The number of nitrogens with zero attached hydrogens (tertiary/aromatic N) is 1. The summed E-state index contributed by atoms with van der Waals surface area (Å²) < 4.78 is 13.3. The first-order valence-corrected chi connectivity index (χ1v) is 5.90. The average Bonchev–Trinajstić information content (AvgIpc) is 2.73. The van der Waals surface area contributed by atoms with Gasteiger partial charge in [0.1, 0.15) is 5.82 Å². The predicted molar refractivity (Wildman–Crippen MR) is 72.0 cm³/mol. The highest BCUT2D eigenvalue weighted by Crippen LogP contribution is 2.02. The Morgan fingerprint density at radius 2 is 2.15 bits per heavy atom. The van der Waals surface area contributed by atoms with Crippen molar-refractivity contribution in [2.24, 2.45) is 5.10 Å². The maximum absolute atomic E-state index is 13.3. The highest BCUT2D eigenvalue weighted by atomic mass is 19.1.